The van der Waals surface area contributed by atoms with E-state index >= 15 is 0 Å². The third-order valence-electron chi connectivity index (χ3n) is 2.42. The fraction of sp³-hybridized carbons (Fsp3) is 0.500. The second kappa shape index (κ2) is 5.85. The molecule has 0 aliphatic carbocycles. The zero-order valence-corrected chi connectivity index (χ0v) is 8.82. The van der Waals surface area contributed by atoms with Crippen molar-refractivity contribution in [3.05, 3.63) is 35.9 Å². The predicted molar refractivity (Wildman–Crippen MR) is 58.7 cm³/mol. The maximum Gasteiger partial charge on any atom is 0.0933 e. The molecule has 1 saturated heterocycles. The zero-order valence-electron chi connectivity index (χ0n) is 8.82. The molecule has 0 aromatic heterocycles. The van der Waals surface area contributed by atoms with Gasteiger partial charge in [-0.2, -0.15) is 0 Å². The number of morpholine rings is 1. The van der Waals surface area contributed by atoms with Crippen LogP contribution in [0.2, 0.25) is 0 Å². The van der Waals surface area contributed by atoms with E-state index in [2.05, 4.69) is 17.4 Å². The largest absolute Gasteiger partial charge is 0.374 e. The maximum atomic E-state index is 5.59. The molecule has 2 rings (SSSR count). The lowest BCUT2D eigenvalue weighted by Crippen LogP contribution is -2.40. The summed E-state index contributed by atoms with van der Waals surface area (Å²) in [5.74, 6) is 0. The first-order valence-corrected chi connectivity index (χ1v) is 5.39. The molecule has 1 aromatic rings. The second-order valence-electron chi connectivity index (χ2n) is 3.70. The van der Waals surface area contributed by atoms with Crippen LogP contribution in [0.3, 0.4) is 0 Å². The van der Waals surface area contributed by atoms with Gasteiger partial charge in [-0.3, -0.25) is 0 Å². The molecule has 0 amide bonds. The van der Waals surface area contributed by atoms with E-state index in [-0.39, 0.29) is 6.10 Å². The van der Waals surface area contributed by atoms with Gasteiger partial charge in [0, 0.05) is 13.1 Å². The molecule has 1 N–H and O–H groups in total. The Morgan fingerprint density at radius 3 is 2.93 bits per heavy atom. The van der Waals surface area contributed by atoms with Gasteiger partial charge in [0.05, 0.1) is 25.9 Å². The Balaban J connectivity index is 1.66. The molecule has 0 bridgehead atoms. The first kappa shape index (κ1) is 10.6. The van der Waals surface area contributed by atoms with Gasteiger partial charge in [-0.15, -0.1) is 0 Å². The lowest BCUT2D eigenvalue weighted by Gasteiger charge is -2.23. The van der Waals surface area contributed by atoms with E-state index in [4.69, 9.17) is 9.47 Å². The minimum absolute atomic E-state index is 0.211. The van der Waals surface area contributed by atoms with Gasteiger partial charge >= 0.3 is 0 Å². The Morgan fingerprint density at radius 1 is 1.33 bits per heavy atom. The van der Waals surface area contributed by atoms with Gasteiger partial charge in [0.2, 0.25) is 0 Å². The lowest BCUT2D eigenvalue weighted by molar-refractivity contribution is -0.0357. The highest BCUT2D eigenvalue weighted by molar-refractivity contribution is 5.13. The summed E-state index contributed by atoms with van der Waals surface area (Å²) in [4.78, 5) is 0. The summed E-state index contributed by atoms with van der Waals surface area (Å²) in [6.07, 6.45) is 0.211. The van der Waals surface area contributed by atoms with Crippen molar-refractivity contribution in [1.29, 1.82) is 0 Å². The summed E-state index contributed by atoms with van der Waals surface area (Å²) >= 11 is 0. The molecule has 1 aliphatic heterocycles. The van der Waals surface area contributed by atoms with Gasteiger partial charge in [-0.1, -0.05) is 30.3 Å². The van der Waals surface area contributed by atoms with E-state index in [1.165, 1.54) is 5.56 Å². The summed E-state index contributed by atoms with van der Waals surface area (Å²) in [5.41, 5.74) is 1.21. The van der Waals surface area contributed by atoms with Crippen molar-refractivity contribution in [3.8, 4) is 0 Å². The Labute approximate surface area is 90.4 Å². The summed E-state index contributed by atoms with van der Waals surface area (Å²) in [5, 5.41) is 3.28. The van der Waals surface area contributed by atoms with Gasteiger partial charge < -0.3 is 14.8 Å². The maximum absolute atomic E-state index is 5.59. The summed E-state index contributed by atoms with van der Waals surface area (Å²) in [6, 6.07) is 10.2. The highest BCUT2D eigenvalue weighted by Crippen LogP contribution is 2.03. The minimum Gasteiger partial charge on any atom is -0.374 e. The normalized spacial score (nSPS) is 21.5. The van der Waals surface area contributed by atoms with Crippen molar-refractivity contribution in [1.82, 2.24) is 5.32 Å². The van der Waals surface area contributed by atoms with Crippen LogP contribution in [0, 0.1) is 0 Å². The highest BCUT2D eigenvalue weighted by atomic mass is 16.5. The SMILES string of the molecule is c1ccc(COC[C@@H]2CNCCO2)cc1. The summed E-state index contributed by atoms with van der Waals surface area (Å²) < 4.78 is 11.1. The number of hydrogen-bond donors (Lipinski definition) is 1. The van der Waals surface area contributed by atoms with Crippen LogP contribution in [0.1, 0.15) is 5.56 Å². The smallest absolute Gasteiger partial charge is 0.0933 e. The van der Waals surface area contributed by atoms with Gasteiger partial charge in [0.15, 0.2) is 0 Å². The van der Waals surface area contributed by atoms with Crippen LogP contribution in [0.4, 0.5) is 0 Å². The van der Waals surface area contributed by atoms with E-state index in [9.17, 15) is 0 Å². The van der Waals surface area contributed by atoms with Crippen LogP contribution < -0.4 is 5.32 Å². The van der Waals surface area contributed by atoms with Crippen LogP contribution in [0.25, 0.3) is 0 Å². The Bertz CT molecular complexity index is 270. The molecule has 82 valence electrons. The number of hydrogen-bond acceptors (Lipinski definition) is 3. The molecule has 1 heterocycles. The van der Waals surface area contributed by atoms with E-state index in [1.54, 1.807) is 0 Å². The molecule has 0 unspecified atom stereocenters. The molecule has 3 heteroatoms. The Kier molecular flexibility index (Phi) is 4.14. The topological polar surface area (TPSA) is 30.5 Å². The van der Waals surface area contributed by atoms with E-state index < -0.39 is 0 Å². The second-order valence-corrected chi connectivity index (χ2v) is 3.70. The number of benzene rings is 1. The third-order valence-corrected chi connectivity index (χ3v) is 2.42. The molecular formula is C12H17NO2. The summed E-state index contributed by atoms with van der Waals surface area (Å²) in [7, 11) is 0. The fourth-order valence-corrected chi connectivity index (χ4v) is 1.61. The fourth-order valence-electron chi connectivity index (χ4n) is 1.61. The molecule has 15 heavy (non-hydrogen) atoms. The lowest BCUT2D eigenvalue weighted by atomic mass is 10.2. The van der Waals surface area contributed by atoms with E-state index in [0.29, 0.717) is 13.2 Å². The molecule has 1 atom stereocenters. The van der Waals surface area contributed by atoms with Crippen LogP contribution >= 0.6 is 0 Å². The van der Waals surface area contributed by atoms with Crippen molar-refractivity contribution in [2.75, 3.05) is 26.3 Å². The molecule has 1 fully saturated rings. The monoisotopic (exact) mass is 207 g/mol. The molecule has 3 nitrogen and oxygen atoms in total. The molecule has 0 radical (unpaired) electrons. The van der Waals surface area contributed by atoms with E-state index in [1.807, 2.05) is 18.2 Å². The highest BCUT2D eigenvalue weighted by Gasteiger charge is 2.12. The van der Waals surface area contributed by atoms with Crippen molar-refractivity contribution < 1.29 is 9.47 Å². The first-order valence-electron chi connectivity index (χ1n) is 5.39. The van der Waals surface area contributed by atoms with Gasteiger partial charge in [0.25, 0.3) is 0 Å². The molecule has 1 aliphatic rings. The standard InChI is InChI=1S/C12H17NO2/c1-2-4-11(5-3-1)9-14-10-12-8-13-6-7-15-12/h1-5,12-13H,6-10H2/t12-/m0/s1. The van der Waals surface area contributed by atoms with Crippen LogP contribution in [0.5, 0.6) is 0 Å². The minimum atomic E-state index is 0.211. The average Bonchev–Trinajstić information content (AvgIpc) is 2.32. The first-order chi connectivity index (χ1) is 7.45. The van der Waals surface area contributed by atoms with Crippen LogP contribution in [-0.4, -0.2) is 32.4 Å². The quantitative estimate of drug-likeness (QED) is 0.804. The average molecular weight is 207 g/mol. The molecule has 0 spiro atoms. The van der Waals surface area contributed by atoms with E-state index in [0.717, 1.165) is 19.7 Å². The van der Waals surface area contributed by atoms with Gasteiger partial charge in [0.1, 0.15) is 0 Å². The number of rotatable bonds is 4. The van der Waals surface area contributed by atoms with Gasteiger partial charge in [-0.05, 0) is 5.56 Å². The number of ether oxygens (including phenoxy) is 2. The molecule has 1 aromatic carbocycles. The van der Waals surface area contributed by atoms with Crippen LogP contribution in [0.15, 0.2) is 30.3 Å². The Hall–Kier alpha value is -0.900. The molecular weight excluding hydrogens is 190 g/mol. The van der Waals surface area contributed by atoms with Crippen molar-refractivity contribution in [3.63, 3.8) is 0 Å². The summed E-state index contributed by atoms with van der Waals surface area (Å²) in [6.45, 7) is 3.98. The Morgan fingerprint density at radius 2 is 2.20 bits per heavy atom. The van der Waals surface area contributed by atoms with Gasteiger partial charge in [-0.25, -0.2) is 0 Å². The molecule has 0 saturated carbocycles. The van der Waals surface area contributed by atoms with Crippen molar-refractivity contribution in [2.24, 2.45) is 0 Å². The van der Waals surface area contributed by atoms with Crippen molar-refractivity contribution in [2.45, 2.75) is 12.7 Å². The predicted octanol–water partition coefficient (Wildman–Crippen LogP) is 1.19. The van der Waals surface area contributed by atoms with Crippen LogP contribution in [-0.2, 0) is 16.1 Å². The number of nitrogens with one attached hydrogen (secondary N) is 1. The third kappa shape index (κ3) is 3.63. The zero-order chi connectivity index (χ0) is 10.3. The van der Waals surface area contributed by atoms with Crippen molar-refractivity contribution >= 4 is 0 Å².